The molecule has 1 amide bonds. The summed E-state index contributed by atoms with van der Waals surface area (Å²) in [6.07, 6.45) is 6.90. The molecule has 0 aromatic heterocycles. The van der Waals surface area contributed by atoms with Crippen LogP contribution in [-0.2, 0) is 4.74 Å². The van der Waals surface area contributed by atoms with E-state index >= 15 is 0 Å². The van der Waals surface area contributed by atoms with Gasteiger partial charge in [0.05, 0.1) is 0 Å². The van der Waals surface area contributed by atoms with Crippen LogP contribution in [0, 0.1) is 0 Å². The minimum absolute atomic E-state index is 0.174. The van der Waals surface area contributed by atoms with Crippen LogP contribution >= 0.6 is 0 Å². The Kier molecular flexibility index (Phi) is 6.41. The summed E-state index contributed by atoms with van der Waals surface area (Å²) in [5, 5.41) is 3.57. The van der Waals surface area contributed by atoms with Crippen molar-refractivity contribution in [3.63, 3.8) is 0 Å². The Morgan fingerprint density at radius 2 is 1.82 bits per heavy atom. The quantitative estimate of drug-likeness (QED) is 0.640. The van der Waals surface area contributed by atoms with E-state index in [4.69, 9.17) is 21.2 Å². The summed E-state index contributed by atoms with van der Waals surface area (Å²) < 4.78 is 5.54. The first-order valence-corrected chi connectivity index (χ1v) is 12.0. The number of amides is 1. The predicted molar refractivity (Wildman–Crippen MR) is 132 cm³/mol. The zero-order valence-corrected chi connectivity index (χ0v) is 20.0. The third-order valence-corrected chi connectivity index (χ3v) is 6.42. The van der Waals surface area contributed by atoms with Crippen molar-refractivity contribution in [2.75, 3.05) is 23.3 Å². The molecule has 2 fully saturated rings. The fourth-order valence-electron chi connectivity index (χ4n) is 5.02. The van der Waals surface area contributed by atoms with Gasteiger partial charge in [-0.05, 0) is 83.6 Å². The Labute approximate surface area is 196 Å². The van der Waals surface area contributed by atoms with Gasteiger partial charge in [0.1, 0.15) is 11.3 Å². The predicted octanol–water partition coefficient (Wildman–Crippen LogP) is 3.61. The Morgan fingerprint density at radius 1 is 1.12 bits per heavy atom. The number of piperidine rings is 1. The Balaban J connectivity index is 1.44. The summed E-state index contributed by atoms with van der Waals surface area (Å²) in [4.78, 5) is 25.3. The molecule has 1 unspecified atom stereocenters. The first kappa shape index (κ1) is 23.2. The highest BCUT2D eigenvalue weighted by molar-refractivity contribution is 6.05. The number of nitrogens with one attached hydrogen (secondary N) is 1. The SMILES string of the molecule is CC(C)(C)OC(=O)N1CCCC(Nc2ccc(N3C(N)=NC(N)=NC34CCCCC4)cc2)C1. The average Bonchev–Trinajstić information content (AvgIpc) is 2.74. The first-order chi connectivity index (χ1) is 15.7. The van der Waals surface area contributed by atoms with E-state index in [1.165, 1.54) is 6.42 Å². The Morgan fingerprint density at radius 3 is 2.48 bits per heavy atom. The number of anilines is 2. The largest absolute Gasteiger partial charge is 0.444 e. The topological polar surface area (TPSA) is 122 Å². The van der Waals surface area contributed by atoms with Gasteiger partial charge in [0.25, 0.3) is 0 Å². The minimum atomic E-state index is -0.489. The summed E-state index contributed by atoms with van der Waals surface area (Å²) in [7, 11) is 0. The number of benzene rings is 1. The number of likely N-dealkylation sites (tertiary alicyclic amines) is 1. The molecule has 0 bridgehead atoms. The number of ether oxygens (including phenoxy) is 1. The van der Waals surface area contributed by atoms with Crippen LogP contribution in [0.15, 0.2) is 34.3 Å². The van der Waals surface area contributed by atoms with Gasteiger partial charge >= 0.3 is 6.09 Å². The lowest BCUT2D eigenvalue weighted by Gasteiger charge is -2.45. The van der Waals surface area contributed by atoms with Crippen molar-refractivity contribution in [3.8, 4) is 0 Å². The number of rotatable bonds is 3. The molecule has 9 nitrogen and oxygen atoms in total. The van der Waals surface area contributed by atoms with Crippen molar-refractivity contribution in [2.24, 2.45) is 21.5 Å². The van der Waals surface area contributed by atoms with Crippen molar-refractivity contribution < 1.29 is 9.53 Å². The summed E-state index contributed by atoms with van der Waals surface area (Å²) in [5.41, 5.74) is 13.3. The Hall–Kier alpha value is -2.97. The second-order valence-corrected chi connectivity index (χ2v) is 10.3. The van der Waals surface area contributed by atoms with Gasteiger partial charge in [-0.3, -0.25) is 4.90 Å². The number of carbonyl (C=O) groups excluding carboxylic acids is 1. The molecule has 180 valence electrons. The van der Waals surface area contributed by atoms with Crippen molar-refractivity contribution in [1.29, 1.82) is 0 Å². The molecule has 2 heterocycles. The maximum atomic E-state index is 12.5. The van der Waals surface area contributed by atoms with Crippen LogP contribution in [0.2, 0.25) is 0 Å². The second-order valence-electron chi connectivity index (χ2n) is 10.3. The van der Waals surface area contributed by atoms with Crippen LogP contribution in [0.3, 0.4) is 0 Å². The van der Waals surface area contributed by atoms with Crippen LogP contribution in [-0.4, -0.2) is 53.3 Å². The summed E-state index contributed by atoms with van der Waals surface area (Å²) >= 11 is 0. The van der Waals surface area contributed by atoms with Gasteiger partial charge < -0.3 is 26.4 Å². The Bertz CT molecular complexity index is 914. The van der Waals surface area contributed by atoms with Crippen molar-refractivity contribution in [2.45, 2.75) is 83.0 Å². The lowest BCUT2D eigenvalue weighted by Crippen LogP contribution is -2.58. The third-order valence-electron chi connectivity index (χ3n) is 6.42. The molecule has 1 aromatic carbocycles. The molecule has 1 saturated carbocycles. The first-order valence-electron chi connectivity index (χ1n) is 12.0. The zero-order valence-electron chi connectivity index (χ0n) is 20.0. The van der Waals surface area contributed by atoms with Crippen molar-refractivity contribution in [1.82, 2.24) is 4.90 Å². The highest BCUT2D eigenvalue weighted by Gasteiger charge is 2.42. The normalized spacial score (nSPS) is 23.1. The van der Waals surface area contributed by atoms with E-state index in [9.17, 15) is 4.79 Å². The number of nitrogens with zero attached hydrogens (tertiary/aromatic N) is 4. The van der Waals surface area contributed by atoms with Gasteiger partial charge in [-0.25, -0.2) is 9.79 Å². The molecule has 1 aromatic rings. The van der Waals surface area contributed by atoms with Gasteiger partial charge in [-0.2, -0.15) is 4.99 Å². The number of aliphatic imine (C=N–C) groups is 2. The second kappa shape index (κ2) is 9.11. The lowest BCUT2D eigenvalue weighted by molar-refractivity contribution is 0.0206. The van der Waals surface area contributed by atoms with Crippen LogP contribution in [0.4, 0.5) is 16.2 Å². The van der Waals surface area contributed by atoms with E-state index in [-0.39, 0.29) is 18.1 Å². The minimum Gasteiger partial charge on any atom is -0.444 e. The zero-order chi connectivity index (χ0) is 23.6. The number of hydrogen-bond acceptors (Lipinski definition) is 8. The molecule has 1 saturated heterocycles. The van der Waals surface area contributed by atoms with E-state index in [0.717, 1.165) is 56.4 Å². The number of hydrogen-bond donors (Lipinski definition) is 3. The fourth-order valence-corrected chi connectivity index (χ4v) is 5.02. The monoisotopic (exact) mass is 455 g/mol. The maximum Gasteiger partial charge on any atom is 0.410 e. The van der Waals surface area contributed by atoms with Crippen LogP contribution in [0.1, 0.15) is 65.7 Å². The summed E-state index contributed by atoms with van der Waals surface area (Å²) in [6, 6.07) is 8.37. The molecule has 1 spiro atoms. The summed E-state index contributed by atoms with van der Waals surface area (Å²) in [6.45, 7) is 7.03. The smallest absolute Gasteiger partial charge is 0.410 e. The van der Waals surface area contributed by atoms with Gasteiger partial charge in [0.2, 0.25) is 11.9 Å². The number of nitrogens with two attached hydrogens (primary N) is 2. The van der Waals surface area contributed by atoms with Crippen molar-refractivity contribution >= 4 is 29.4 Å². The van der Waals surface area contributed by atoms with Gasteiger partial charge in [-0.1, -0.05) is 6.42 Å². The molecule has 3 aliphatic rings. The number of guanidine groups is 2. The summed E-state index contributed by atoms with van der Waals surface area (Å²) in [5.74, 6) is 0.654. The third kappa shape index (κ3) is 5.34. The van der Waals surface area contributed by atoms with E-state index in [2.05, 4.69) is 10.3 Å². The van der Waals surface area contributed by atoms with Gasteiger partial charge in [0, 0.05) is 30.5 Å². The molecule has 1 atom stereocenters. The van der Waals surface area contributed by atoms with Crippen LogP contribution in [0.25, 0.3) is 0 Å². The molecule has 0 radical (unpaired) electrons. The standard InChI is InChI=1S/C24H37N7O2/c1-23(2,3)33-22(32)30-15-7-8-18(16-30)27-17-9-11-19(12-10-17)31-21(26)28-20(25)29-24(31)13-5-4-6-14-24/h9-12,18,27H,4-8,13-16H2,1-3H3,(H4,25,26,28,29). The molecular formula is C24H37N7O2. The molecule has 4 rings (SSSR count). The average molecular weight is 456 g/mol. The van der Waals surface area contributed by atoms with Crippen LogP contribution < -0.4 is 21.7 Å². The van der Waals surface area contributed by atoms with Gasteiger partial charge in [-0.15, -0.1) is 0 Å². The number of carbonyl (C=O) groups is 1. The van der Waals surface area contributed by atoms with Crippen LogP contribution in [0.5, 0.6) is 0 Å². The molecular weight excluding hydrogens is 418 g/mol. The molecule has 1 aliphatic carbocycles. The lowest BCUT2D eigenvalue weighted by atomic mass is 9.87. The van der Waals surface area contributed by atoms with E-state index in [1.807, 2.05) is 49.9 Å². The van der Waals surface area contributed by atoms with E-state index < -0.39 is 11.3 Å². The van der Waals surface area contributed by atoms with Gasteiger partial charge in [0.15, 0.2) is 0 Å². The molecule has 9 heteroatoms. The maximum absolute atomic E-state index is 12.5. The molecule has 33 heavy (non-hydrogen) atoms. The van der Waals surface area contributed by atoms with E-state index in [0.29, 0.717) is 12.5 Å². The highest BCUT2D eigenvalue weighted by Crippen LogP contribution is 2.39. The van der Waals surface area contributed by atoms with Crippen molar-refractivity contribution in [3.05, 3.63) is 24.3 Å². The molecule has 2 aliphatic heterocycles. The highest BCUT2D eigenvalue weighted by atomic mass is 16.6. The van der Waals surface area contributed by atoms with E-state index in [1.54, 1.807) is 4.90 Å². The fraction of sp³-hybridized carbons (Fsp3) is 0.625. The molecule has 5 N–H and O–H groups in total.